The van der Waals surface area contributed by atoms with Crippen LogP contribution in [0.2, 0.25) is 5.02 Å². The molecule has 0 bridgehead atoms. The van der Waals surface area contributed by atoms with E-state index in [4.69, 9.17) is 16.3 Å². The van der Waals surface area contributed by atoms with E-state index in [0.717, 1.165) is 12.1 Å². The smallest absolute Gasteiger partial charge is 0.262 e. The molecule has 0 radical (unpaired) electrons. The maximum atomic E-state index is 12.8. The zero-order valence-corrected chi connectivity index (χ0v) is 16.4. The summed E-state index contributed by atoms with van der Waals surface area (Å²) < 4.78 is 5.43. The highest BCUT2D eigenvalue weighted by Crippen LogP contribution is 2.29. The van der Waals surface area contributed by atoms with Crippen molar-refractivity contribution >= 4 is 34.8 Å². The topological polar surface area (TPSA) is 58.6 Å². The van der Waals surface area contributed by atoms with E-state index in [1.165, 1.54) is 5.56 Å². The summed E-state index contributed by atoms with van der Waals surface area (Å²) in [7, 11) is 0. The van der Waals surface area contributed by atoms with Gasteiger partial charge in [-0.25, -0.2) is 0 Å². The number of halogens is 1. The van der Waals surface area contributed by atoms with Crippen LogP contribution in [0.25, 0.3) is 0 Å². The second-order valence-electron chi connectivity index (χ2n) is 6.70. The highest BCUT2D eigenvalue weighted by Gasteiger charge is 2.24. The number of nitrogens with zero attached hydrogens (tertiary/aromatic N) is 1. The van der Waals surface area contributed by atoms with E-state index >= 15 is 0 Å². The quantitative estimate of drug-likeness (QED) is 0.675. The lowest BCUT2D eigenvalue weighted by Crippen LogP contribution is -2.28. The van der Waals surface area contributed by atoms with E-state index in [2.05, 4.69) is 5.32 Å². The molecule has 2 amide bonds. The van der Waals surface area contributed by atoms with Crippen molar-refractivity contribution in [3.05, 3.63) is 88.9 Å². The van der Waals surface area contributed by atoms with Gasteiger partial charge in [0.2, 0.25) is 0 Å². The molecule has 146 valence electrons. The van der Waals surface area contributed by atoms with Crippen molar-refractivity contribution < 1.29 is 14.3 Å². The Morgan fingerprint density at radius 1 is 0.966 bits per heavy atom. The predicted octanol–water partition coefficient (Wildman–Crippen LogP) is 4.56. The Labute approximate surface area is 173 Å². The summed E-state index contributed by atoms with van der Waals surface area (Å²) in [6, 6.07) is 21.6. The Balaban J connectivity index is 1.35. The second-order valence-corrected chi connectivity index (χ2v) is 7.14. The van der Waals surface area contributed by atoms with Crippen LogP contribution >= 0.6 is 11.6 Å². The van der Waals surface area contributed by atoms with Gasteiger partial charge in [-0.05, 0) is 66.6 Å². The zero-order chi connectivity index (χ0) is 20.2. The number of anilines is 2. The van der Waals surface area contributed by atoms with Gasteiger partial charge in [0.05, 0.1) is 0 Å². The Morgan fingerprint density at radius 2 is 1.69 bits per heavy atom. The molecule has 6 heteroatoms. The lowest BCUT2D eigenvalue weighted by molar-refractivity contribution is -0.118. The minimum atomic E-state index is -0.285. The number of hydrogen-bond acceptors (Lipinski definition) is 3. The lowest BCUT2D eigenvalue weighted by Gasteiger charge is -2.17. The second kappa shape index (κ2) is 8.37. The van der Waals surface area contributed by atoms with Crippen molar-refractivity contribution in [2.75, 3.05) is 23.4 Å². The molecule has 4 rings (SSSR count). The number of rotatable bonds is 5. The first kappa shape index (κ1) is 19.0. The Bertz CT molecular complexity index is 1030. The average molecular weight is 407 g/mol. The first-order valence-corrected chi connectivity index (χ1v) is 9.66. The normalized spacial score (nSPS) is 12.4. The number of ether oxygens (including phenoxy) is 1. The summed E-state index contributed by atoms with van der Waals surface area (Å²) >= 11 is 5.82. The van der Waals surface area contributed by atoms with Crippen molar-refractivity contribution in [1.29, 1.82) is 0 Å². The minimum absolute atomic E-state index is 0.0427. The van der Waals surface area contributed by atoms with Crippen LogP contribution in [-0.2, 0) is 11.2 Å². The molecule has 1 aliphatic rings. The number of amides is 2. The molecule has 0 spiro atoms. The van der Waals surface area contributed by atoms with E-state index in [0.29, 0.717) is 28.6 Å². The number of carbonyl (C=O) groups excluding carboxylic acids is 2. The van der Waals surface area contributed by atoms with Gasteiger partial charge in [-0.3, -0.25) is 9.59 Å². The van der Waals surface area contributed by atoms with E-state index in [1.807, 2.05) is 24.3 Å². The van der Waals surface area contributed by atoms with Crippen molar-refractivity contribution in [1.82, 2.24) is 0 Å². The van der Waals surface area contributed by atoms with Gasteiger partial charge in [-0.15, -0.1) is 0 Å². The molecular weight excluding hydrogens is 388 g/mol. The third-order valence-electron chi connectivity index (χ3n) is 4.73. The maximum absolute atomic E-state index is 12.8. The fraction of sp³-hybridized carbons (Fsp3) is 0.130. The van der Waals surface area contributed by atoms with Crippen LogP contribution in [0.5, 0.6) is 5.75 Å². The summed E-state index contributed by atoms with van der Waals surface area (Å²) in [5.41, 5.74) is 3.34. The first-order chi connectivity index (χ1) is 14.1. The van der Waals surface area contributed by atoms with E-state index in [-0.39, 0.29) is 18.4 Å². The van der Waals surface area contributed by atoms with Crippen LogP contribution in [0.1, 0.15) is 15.9 Å². The van der Waals surface area contributed by atoms with Gasteiger partial charge in [-0.2, -0.15) is 0 Å². The molecule has 0 aliphatic carbocycles. The van der Waals surface area contributed by atoms with E-state index in [1.54, 1.807) is 53.4 Å². The SMILES string of the molecule is O=C(COc1ccc(Cl)cc1)Nc1ccc(C(=O)N2CCc3ccccc32)cc1. The number of carbonyl (C=O) groups is 2. The van der Waals surface area contributed by atoms with E-state index in [9.17, 15) is 9.59 Å². The molecule has 1 aliphatic heterocycles. The molecule has 0 saturated heterocycles. The summed E-state index contributed by atoms with van der Waals surface area (Å²) in [6.07, 6.45) is 0.865. The minimum Gasteiger partial charge on any atom is -0.484 e. The molecule has 0 aromatic heterocycles. The number of hydrogen-bond donors (Lipinski definition) is 1. The van der Waals surface area contributed by atoms with Crippen LogP contribution in [0, 0.1) is 0 Å². The molecule has 1 N–H and O–H groups in total. The lowest BCUT2D eigenvalue weighted by atomic mass is 10.1. The first-order valence-electron chi connectivity index (χ1n) is 9.28. The van der Waals surface area contributed by atoms with E-state index < -0.39 is 0 Å². The van der Waals surface area contributed by atoms with Crippen LogP contribution < -0.4 is 15.0 Å². The number of para-hydroxylation sites is 1. The van der Waals surface area contributed by atoms with Gasteiger partial charge in [0, 0.05) is 28.5 Å². The molecule has 0 unspecified atom stereocenters. The van der Waals surface area contributed by atoms with Gasteiger partial charge in [0.15, 0.2) is 6.61 Å². The molecule has 3 aromatic rings. The van der Waals surface area contributed by atoms with Crippen molar-refractivity contribution in [3.63, 3.8) is 0 Å². The van der Waals surface area contributed by atoms with Gasteiger partial charge >= 0.3 is 0 Å². The van der Waals surface area contributed by atoms with Crippen molar-refractivity contribution in [2.24, 2.45) is 0 Å². The molecule has 3 aromatic carbocycles. The third-order valence-corrected chi connectivity index (χ3v) is 4.98. The fourth-order valence-corrected chi connectivity index (χ4v) is 3.40. The largest absolute Gasteiger partial charge is 0.484 e. The molecule has 1 heterocycles. The summed E-state index contributed by atoms with van der Waals surface area (Å²) in [4.78, 5) is 26.7. The number of benzene rings is 3. The molecule has 0 atom stereocenters. The van der Waals surface area contributed by atoms with Crippen LogP contribution in [0.15, 0.2) is 72.8 Å². The van der Waals surface area contributed by atoms with Crippen molar-refractivity contribution in [2.45, 2.75) is 6.42 Å². The molecule has 5 nitrogen and oxygen atoms in total. The molecule has 0 fully saturated rings. The highest BCUT2D eigenvalue weighted by molar-refractivity contribution is 6.30. The highest BCUT2D eigenvalue weighted by atomic mass is 35.5. The summed E-state index contributed by atoms with van der Waals surface area (Å²) in [5, 5.41) is 3.37. The summed E-state index contributed by atoms with van der Waals surface area (Å²) in [6.45, 7) is 0.561. The van der Waals surface area contributed by atoms with Gasteiger partial charge in [0.1, 0.15) is 5.75 Å². The zero-order valence-electron chi connectivity index (χ0n) is 15.6. The molecular formula is C23H19ClN2O3. The Kier molecular flexibility index (Phi) is 5.49. The standard InChI is InChI=1S/C23H19ClN2O3/c24-18-7-11-20(12-8-18)29-15-22(27)25-19-9-5-17(6-10-19)23(28)26-14-13-16-3-1-2-4-21(16)26/h1-12H,13-15H2,(H,25,27). The maximum Gasteiger partial charge on any atom is 0.262 e. The fourth-order valence-electron chi connectivity index (χ4n) is 3.28. The van der Waals surface area contributed by atoms with Crippen LogP contribution in [-0.4, -0.2) is 25.0 Å². The van der Waals surface area contributed by atoms with Gasteiger partial charge in [-0.1, -0.05) is 29.8 Å². The number of fused-ring (bicyclic) bond motifs is 1. The predicted molar refractivity (Wildman–Crippen MR) is 114 cm³/mol. The average Bonchev–Trinajstić information content (AvgIpc) is 3.17. The number of nitrogens with one attached hydrogen (secondary N) is 1. The Hall–Kier alpha value is -3.31. The third kappa shape index (κ3) is 4.41. The van der Waals surface area contributed by atoms with Crippen LogP contribution in [0.4, 0.5) is 11.4 Å². The van der Waals surface area contributed by atoms with Crippen LogP contribution in [0.3, 0.4) is 0 Å². The molecule has 0 saturated carbocycles. The van der Waals surface area contributed by atoms with Gasteiger partial charge in [0.25, 0.3) is 11.8 Å². The summed E-state index contributed by atoms with van der Waals surface area (Å²) in [5.74, 6) is 0.239. The van der Waals surface area contributed by atoms with Crippen molar-refractivity contribution in [3.8, 4) is 5.75 Å². The van der Waals surface area contributed by atoms with Gasteiger partial charge < -0.3 is 15.0 Å². The molecule has 29 heavy (non-hydrogen) atoms. The Morgan fingerprint density at radius 3 is 2.45 bits per heavy atom. The monoisotopic (exact) mass is 406 g/mol.